The van der Waals surface area contributed by atoms with Gasteiger partial charge >= 0.3 is 0 Å². The third-order valence-corrected chi connectivity index (χ3v) is 9.88. The van der Waals surface area contributed by atoms with Gasteiger partial charge in [0.1, 0.15) is 6.23 Å². The van der Waals surface area contributed by atoms with Crippen LogP contribution in [-0.2, 0) is 4.79 Å². The first-order chi connectivity index (χ1) is 14.4. The molecule has 0 aromatic carbocycles. The number of nitrogens with zero attached hydrogens (tertiary/aromatic N) is 1. The first-order valence-electron chi connectivity index (χ1n) is 13.2. The first kappa shape index (κ1) is 26.6. The zero-order valence-electron chi connectivity index (χ0n) is 22.1. The Labute approximate surface area is 192 Å². The van der Waals surface area contributed by atoms with Gasteiger partial charge in [0.15, 0.2) is 0 Å². The second-order valence-corrected chi connectivity index (χ2v) is 11.8. The summed E-state index contributed by atoms with van der Waals surface area (Å²) in [7, 11) is 0. The molecule has 0 saturated carbocycles. The summed E-state index contributed by atoms with van der Waals surface area (Å²) in [5, 5.41) is 15.3. The van der Waals surface area contributed by atoms with Gasteiger partial charge in [-0.3, -0.25) is 4.79 Å². The van der Waals surface area contributed by atoms with Gasteiger partial charge in [0.25, 0.3) is 0 Å². The fraction of sp³-hybridized carbons (Fsp3) is 0.963. The van der Waals surface area contributed by atoms with E-state index in [-0.39, 0.29) is 40.2 Å². The fourth-order valence-electron chi connectivity index (χ4n) is 6.72. The Morgan fingerprint density at radius 1 is 1.10 bits per heavy atom. The normalized spacial score (nSPS) is 30.6. The molecule has 2 aliphatic rings. The molecule has 0 spiro atoms. The van der Waals surface area contributed by atoms with Crippen molar-refractivity contribution >= 4 is 5.91 Å². The van der Waals surface area contributed by atoms with Gasteiger partial charge in [0.2, 0.25) is 5.91 Å². The third-order valence-electron chi connectivity index (χ3n) is 9.88. The molecule has 2 heterocycles. The topological polar surface area (TPSA) is 52.6 Å². The average molecular weight is 437 g/mol. The van der Waals surface area contributed by atoms with Gasteiger partial charge in [0, 0.05) is 23.4 Å². The van der Waals surface area contributed by atoms with Gasteiger partial charge in [0.05, 0.1) is 0 Å². The number of carbonyl (C=O) groups is 1. The highest BCUT2D eigenvalue weighted by atomic mass is 16.3. The number of likely N-dealkylation sites (tertiary alicyclic amines) is 1. The van der Waals surface area contributed by atoms with Crippen molar-refractivity contribution in [1.29, 1.82) is 0 Å². The minimum absolute atomic E-state index is 0.00423. The van der Waals surface area contributed by atoms with Crippen LogP contribution < -0.4 is 5.32 Å². The maximum Gasteiger partial charge on any atom is 0.228 e. The highest BCUT2D eigenvalue weighted by Crippen LogP contribution is 2.52. The summed E-state index contributed by atoms with van der Waals surface area (Å²) in [6.07, 6.45) is 7.46. The molecule has 182 valence electrons. The number of hydrogen-bond donors (Lipinski definition) is 2. The quantitative estimate of drug-likeness (QED) is 0.443. The molecule has 0 radical (unpaired) electrons. The Morgan fingerprint density at radius 3 is 2.13 bits per heavy atom. The molecule has 0 aliphatic carbocycles. The lowest BCUT2D eigenvalue weighted by Gasteiger charge is -2.44. The van der Waals surface area contributed by atoms with Crippen molar-refractivity contribution in [1.82, 2.24) is 10.2 Å². The Morgan fingerprint density at radius 2 is 1.68 bits per heavy atom. The molecular formula is C27H52N2O2. The maximum absolute atomic E-state index is 14.0. The second-order valence-electron chi connectivity index (χ2n) is 11.8. The largest absolute Gasteiger partial charge is 0.373 e. The molecule has 4 nitrogen and oxygen atoms in total. The monoisotopic (exact) mass is 436 g/mol. The van der Waals surface area contributed by atoms with Crippen LogP contribution in [0.4, 0.5) is 0 Å². The molecule has 2 saturated heterocycles. The number of aliphatic hydroxyl groups excluding tert-OH is 1. The third kappa shape index (κ3) is 5.16. The van der Waals surface area contributed by atoms with Crippen molar-refractivity contribution in [2.24, 2.45) is 28.6 Å². The van der Waals surface area contributed by atoms with E-state index < -0.39 is 6.23 Å². The molecule has 5 unspecified atom stereocenters. The zero-order chi connectivity index (χ0) is 23.6. The summed E-state index contributed by atoms with van der Waals surface area (Å²) in [4.78, 5) is 15.9. The van der Waals surface area contributed by atoms with Gasteiger partial charge in [-0.2, -0.15) is 0 Å². The maximum atomic E-state index is 14.0. The predicted octanol–water partition coefficient (Wildman–Crippen LogP) is 5.98. The number of hydrogen-bond acceptors (Lipinski definition) is 3. The summed E-state index contributed by atoms with van der Waals surface area (Å²) >= 11 is 0. The molecule has 2 N–H and O–H groups in total. The van der Waals surface area contributed by atoms with E-state index in [0.717, 1.165) is 57.9 Å². The fourth-order valence-corrected chi connectivity index (χ4v) is 6.72. The molecule has 5 atom stereocenters. The summed E-state index contributed by atoms with van der Waals surface area (Å²) in [6.45, 7) is 21.4. The van der Waals surface area contributed by atoms with Crippen molar-refractivity contribution in [2.45, 2.75) is 131 Å². The minimum atomic E-state index is -0.659. The van der Waals surface area contributed by atoms with Gasteiger partial charge in [-0.25, -0.2) is 0 Å². The smallest absolute Gasteiger partial charge is 0.228 e. The zero-order valence-corrected chi connectivity index (χ0v) is 22.1. The molecule has 0 aromatic heterocycles. The number of amides is 1. The molecule has 2 rings (SSSR count). The average Bonchev–Trinajstić information content (AvgIpc) is 2.99. The van der Waals surface area contributed by atoms with Gasteiger partial charge in [-0.05, 0) is 56.4 Å². The van der Waals surface area contributed by atoms with Crippen LogP contribution in [0.15, 0.2) is 0 Å². The Hall–Kier alpha value is -0.610. The lowest BCUT2D eigenvalue weighted by Crippen LogP contribution is -2.55. The van der Waals surface area contributed by atoms with Crippen molar-refractivity contribution in [3.05, 3.63) is 0 Å². The molecule has 0 bridgehead atoms. The van der Waals surface area contributed by atoms with E-state index in [1.807, 2.05) is 4.90 Å². The SMILES string of the molecule is CCC(CC1C(=O)N(C2CCNC(C)(C)C2)C(O)C1C(C)(CC)CC)C(C)(CC)CC. The second kappa shape index (κ2) is 10.1. The number of piperidine rings is 1. The summed E-state index contributed by atoms with van der Waals surface area (Å²) in [5.74, 6) is 0.676. The molecule has 4 heteroatoms. The van der Waals surface area contributed by atoms with Crippen molar-refractivity contribution < 1.29 is 9.90 Å². The van der Waals surface area contributed by atoms with Gasteiger partial charge < -0.3 is 15.3 Å². The van der Waals surface area contributed by atoms with Crippen molar-refractivity contribution in [3.63, 3.8) is 0 Å². The molecule has 2 fully saturated rings. The summed E-state index contributed by atoms with van der Waals surface area (Å²) in [5.41, 5.74) is 0.234. The Balaban J connectivity index is 2.44. The van der Waals surface area contributed by atoms with Crippen LogP contribution >= 0.6 is 0 Å². The van der Waals surface area contributed by atoms with Gasteiger partial charge in [-0.1, -0.05) is 80.6 Å². The van der Waals surface area contributed by atoms with Crippen LogP contribution in [0.3, 0.4) is 0 Å². The highest BCUT2D eigenvalue weighted by molar-refractivity contribution is 5.82. The van der Waals surface area contributed by atoms with E-state index in [4.69, 9.17) is 0 Å². The number of rotatable bonds is 10. The van der Waals surface area contributed by atoms with E-state index in [1.54, 1.807) is 0 Å². The van der Waals surface area contributed by atoms with Crippen molar-refractivity contribution in [3.8, 4) is 0 Å². The molecular weight excluding hydrogens is 384 g/mol. The van der Waals surface area contributed by atoms with E-state index >= 15 is 0 Å². The van der Waals surface area contributed by atoms with Crippen molar-refractivity contribution in [2.75, 3.05) is 6.54 Å². The van der Waals surface area contributed by atoms with E-state index in [1.165, 1.54) is 0 Å². The predicted molar refractivity (Wildman–Crippen MR) is 131 cm³/mol. The number of carbonyl (C=O) groups excluding carboxylic acids is 1. The lowest BCUT2D eigenvalue weighted by molar-refractivity contribution is -0.141. The molecule has 2 aliphatic heterocycles. The Bertz CT molecular complexity index is 594. The van der Waals surface area contributed by atoms with Crippen LogP contribution in [0.1, 0.15) is 114 Å². The number of aliphatic hydroxyl groups is 1. The van der Waals surface area contributed by atoms with E-state index in [9.17, 15) is 9.90 Å². The van der Waals surface area contributed by atoms with E-state index in [2.05, 4.69) is 67.6 Å². The van der Waals surface area contributed by atoms with Crippen LogP contribution in [0.2, 0.25) is 0 Å². The summed E-state index contributed by atoms with van der Waals surface area (Å²) < 4.78 is 0. The summed E-state index contributed by atoms with van der Waals surface area (Å²) in [6, 6.07) is 0.132. The number of nitrogens with one attached hydrogen (secondary N) is 1. The minimum Gasteiger partial charge on any atom is -0.373 e. The molecule has 0 aromatic rings. The highest BCUT2D eigenvalue weighted by Gasteiger charge is 2.56. The van der Waals surface area contributed by atoms with Crippen LogP contribution in [0.5, 0.6) is 0 Å². The van der Waals surface area contributed by atoms with Crippen LogP contribution in [0.25, 0.3) is 0 Å². The molecule has 31 heavy (non-hydrogen) atoms. The standard InChI is InChI=1S/C27H52N2O2/c1-10-19(26(8,11-2)12-3)17-21-22(27(9,13-4)14-5)24(31)29(23(21)30)20-15-16-28-25(6,7)18-20/h19-22,24,28,31H,10-18H2,1-9H3. The lowest BCUT2D eigenvalue weighted by atomic mass is 9.62. The Kier molecular flexibility index (Phi) is 8.69. The van der Waals surface area contributed by atoms with Crippen LogP contribution in [0, 0.1) is 28.6 Å². The first-order valence-corrected chi connectivity index (χ1v) is 13.2. The molecule has 1 amide bonds. The van der Waals surface area contributed by atoms with Gasteiger partial charge in [-0.15, -0.1) is 0 Å². The van der Waals surface area contributed by atoms with E-state index in [0.29, 0.717) is 5.92 Å². The van der Waals surface area contributed by atoms with Crippen LogP contribution in [-0.4, -0.2) is 40.3 Å².